The third-order valence-corrected chi connectivity index (χ3v) is 4.38. The maximum Gasteiger partial charge on any atom is 0.293 e. The van der Waals surface area contributed by atoms with Gasteiger partial charge < -0.3 is 13.8 Å². The van der Waals surface area contributed by atoms with Gasteiger partial charge in [-0.25, -0.2) is 4.39 Å². The van der Waals surface area contributed by atoms with Gasteiger partial charge in [-0.1, -0.05) is 23.4 Å². The van der Waals surface area contributed by atoms with Gasteiger partial charge in [0.2, 0.25) is 5.91 Å². The van der Waals surface area contributed by atoms with Gasteiger partial charge in [0, 0.05) is 19.0 Å². The first kappa shape index (κ1) is 15.6. The summed E-state index contributed by atoms with van der Waals surface area (Å²) in [6, 6.07) is 9.84. The minimum Gasteiger partial charge on any atom is -0.459 e. The number of hydrogen-bond donors (Lipinski definition) is 0. The minimum absolute atomic E-state index is 0.0111. The van der Waals surface area contributed by atoms with Crippen LogP contribution in [0.25, 0.3) is 11.7 Å². The lowest BCUT2D eigenvalue weighted by Crippen LogP contribution is -2.30. The Morgan fingerprint density at radius 2 is 2.16 bits per heavy atom. The van der Waals surface area contributed by atoms with Crippen molar-refractivity contribution in [3.63, 3.8) is 0 Å². The molecule has 128 valence electrons. The second-order valence-electron chi connectivity index (χ2n) is 6.03. The molecule has 0 bridgehead atoms. The smallest absolute Gasteiger partial charge is 0.293 e. The average Bonchev–Trinajstić information content (AvgIpc) is 3.36. The lowest BCUT2D eigenvalue weighted by molar-refractivity contribution is -0.129. The molecule has 1 atom stereocenters. The number of benzene rings is 1. The largest absolute Gasteiger partial charge is 0.459 e. The van der Waals surface area contributed by atoms with Crippen LogP contribution in [-0.2, 0) is 11.2 Å². The molecule has 1 fully saturated rings. The van der Waals surface area contributed by atoms with E-state index in [0.29, 0.717) is 36.1 Å². The van der Waals surface area contributed by atoms with Gasteiger partial charge in [0.1, 0.15) is 5.82 Å². The van der Waals surface area contributed by atoms with E-state index in [-0.39, 0.29) is 24.1 Å². The third kappa shape index (κ3) is 3.17. The number of carbonyl (C=O) groups excluding carboxylic acids is 1. The van der Waals surface area contributed by atoms with Crippen LogP contribution < -0.4 is 0 Å². The first-order valence-corrected chi connectivity index (χ1v) is 8.09. The van der Waals surface area contributed by atoms with E-state index < -0.39 is 0 Å². The fourth-order valence-electron chi connectivity index (χ4n) is 3.02. The molecule has 1 aromatic carbocycles. The van der Waals surface area contributed by atoms with Gasteiger partial charge in [-0.2, -0.15) is 4.98 Å². The summed E-state index contributed by atoms with van der Waals surface area (Å²) in [6.45, 7) is 1.10. The molecule has 0 unspecified atom stereocenters. The van der Waals surface area contributed by atoms with Gasteiger partial charge in [0.05, 0.1) is 12.7 Å². The molecular formula is C18H16FN3O3. The van der Waals surface area contributed by atoms with E-state index in [1.807, 2.05) is 0 Å². The number of nitrogens with zero attached hydrogens (tertiary/aromatic N) is 3. The second kappa shape index (κ2) is 6.51. The summed E-state index contributed by atoms with van der Waals surface area (Å²) in [5.74, 6) is 0.972. The summed E-state index contributed by atoms with van der Waals surface area (Å²) in [4.78, 5) is 18.5. The molecule has 25 heavy (non-hydrogen) atoms. The molecule has 1 aliphatic rings. The molecule has 1 aliphatic heterocycles. The van der Waals surface area contributed by atoms with Crippen molar-refractivity contribution in [2.45, 2.75) is 18.8 Å². The number of furan rings is 1. The number of rotatable bonds is 4. The predicted octanol–water partition coefficient (Wildman–Crippen LogP) is 3.03. The molecule has 0 N–H and O–H groups in total. The summed E-state index contributed by atoms with van der Waals surface area (Å²) in [5, 5.41) is 4.00. The van der Waals surface area contributed by atoms with Gasteiger partial charge in [0.25, 0.3) is 5.89 Å². The molecule has 6 nitrogen and oxygen atoms in total. The summed E-state index contributed by atoms with van der Waals surface area (Å²) in [5.41, 5.74) is 0.413. The van der Waals surface area contributed by atoms with Crippen LogP contribution in [0.15, 0.2) is 51.6 Å². The third-order valence-electron chi connectivity index (χ3n) is 4.38. The summed E-state index contributed by atoms with van der Waals surface area (Å²) in [7, 11) is 0. The summed E-state index contributed by atoms with van der Waals surface area (Å²) >= 11 is 0. The summed E-state index contributed by atoms with van der Waals surface area (Å²) in [6.07, 6.45) is 2.35. The molecule has 3 heterocycles. The average molecular weight is 341 g/mol. The molecule has 0 radical (unpaired) electrons. The van der Waals surface area contributed by atoms with E-state index in [4.69, 9.17) is 8.94 Å². The molecule has 0 spiro atoms. The predicted molar refractivity (Wildman–Crippen MR) is 86.0 cm³/mol. The normalized spacial score (nSPS) is 17.2. The van der Waals surface area contributed by atoms with Gasteiger partial charge in [-0.05, 0) is 30.2 Å². The van der Waals surface area contributed by atoms with Crippen molar-refractivity contribution in [1.82, 2.24) is 15.0 Å². The van der Waals surface area contributed by atoms with Gasteiger partial charge >= 0.3 is 0 Å². The van der Waals surface area contributed by atoms with Crippen LogP contribution in [0.4, 0.5) is 4.39 Å². The van der Waals surface area contributed by atoms with Crippen LogP contribution in [-0.4, -0.2) is 34.0 Å². The van der Waals surface area contributed by atoms with Gasteiger partial charge in [-0.3, -0.25) is 4.79 Å². The number of halogens is 1. The SMILES string of the molecule is O=C(Cc1ccccc1F)N1CC[C@H](c2noc(-c3ccco3)n2)C1. The highest BCUT2D eigenvalue weighted by atomic mass is 19.1. The Morgan fingerprint density at radius 1 is 1.28 bits per heavy atom. The Kier molecular flexibility index (Phi) is 4.05. The number of aromatic nitrogens is 2. The molecule has 0 saturated carbocycles. The van der Waals surface area contributed by atoms with Crippen molar-refractivity contribution in [2.24, 2.45) is 0 Å². The van der Waals surface area contributed by atoms with E-state index in [1.54, 1.807) is 35.2 Å². The Hall–Kier alpha value is -2.96. The highest BCUT2D eigenvalue weighted by Crippen LogP contribution is 2.28. The molecule has 3 aromatic rings. The molecule has 4 rings (SSSR count). The van der Waals surface area contributed by atoms with Crippen molar-refractivity contribution < 1.29 is 18.1 Å². The van der Waals surface area contributed by atoms with E-state index >= 15 is 0 Å². The zero-order valence-corrected chi connectivity index (χ0v) is 13.4. The molecule has 0 aliphatic carbocycles. The van der Waals surface area contributed by atoms with E-state index in [9.17, 15) is 9.18 Å². The van der Waals surface area contributed by atoms with Crippen molar-refractivity contribution in [3.8, 4) is 11.7 Å². The molecule has 7 heteroatoms. The Balaban J connectivity index is 1.41. The number of likely N-dealkylation sites (tertiary alicyclic amines) is 1. The van der Waals surface area contributed by atoms with Crippen molar-refractivity contribution >= 4 is 5.91 Å². The molecule has 1 amide bonds. The van der Waals surface area contributed by atoms with Crippen molar-refractivity contribution in [2.75, 3.05) is 13.1 Å². The Labute approximate surface area is 143 Å². The Morgan fingerprint density at radius 3 is 2.96 bits per heavy atom. The highest BCUT2D eigenvalue weighted by molar-refractivity contribution is 5.79. The van der Waals surface area contributed by atoms with Crippen molar-refractivity contribution in [1.29, 1.82) is 0 Å². The number of hydrogen-bond acceptors (Lipinski definition) is 5. The van der Waals surface area contributed by atoms with Crippen molar-refractivity contribution in [3.05, 3.63) is 59.9 Å². The zero-order valence-electron chi connectivity index (χ0n) is 13.4. The van der Waals surface area contributed by atoms with Gasteiger partial charge in [0.15, 0.2) is 11.6 Å². The monoisotopic (exact) mass is 341 g/mol. The van der Waals surface area contributed by atoms with E-state index in [2.05, 4.69) is 10.1 Å². The highest BCUT2D eigenvalue weighted by Gasteiger charge is 2.31. The first-order chi connectivity index (χ1) is 12.2. The molecule has 2 aromatic heterocycles. The molecule has 1 saturated heterocycles. The van der Waals surface area contributed by atoms with E-state index in [1.165, 1.54) is 12.3 Å². The van der Waals surface area contributed by atoms with Crippen LogP contribution in [0.5, 0.6) is 0 Å². The Bertz CT molecular complexity index is 875. The van der Waals surface area contributed by atoms with E-state index in [0.717, 1.165) is 6.42 Å². The minimum atomic E-state index is -0.354. The summed E-state index contributed by atoms with van der Waals surface area (Å²) < 4.78 is 24.2. The van der Waals surface area contributed by atoms with Crippen LogP contribution in [0.1, 0.15) is 23.7 Å². The lowest BCUT2D eigenvalue weighted by Gasteiger charge is -2.16. The topological polar surface area (TPSA) is 72.4 Å². The lowest BCUT2D eigenvalue weighted by atomic mass is 10.1. The van der Waals surface area contributed by atoms with Crippen LogP contribution in [0, 0.1) is 5.82 Å². The maximum absolute atomic E-state index is 13.7. The fourth-order valence-corrected chi connectivity index (χ4v) is 3.02. The quantitative estimate of drug-likeness (QED) is 0.729. The second-order valence-corrected chi connectivity index (χ2v) is 6.03. The van der Waals surface area contributed by atoms with Gasteiger partial charge in [-0.15, -0.1) is 0 Å². The zero-order chi connectivity index (χ0) is 17.2. The first-order valence-electron chi connectivity index (χ1n) is 8.09. The fraction of sp³-hybridized carbons (Fsp3) is 0.278. The number of amides is 1. The molecular weight excluding hydrogens is 325 g/mol. The maximum atomic E-state index is 13.7. The van der Waals surface area contributed by atoms with Crippen LogP contribution in [0.3, 0.4) is 0 Å². The standard InChI is InChI=1S/C18H16FN3O3/c19-14-5-2-1-4-12(14)10-16(23)22-8-7-13(11-22)17-20-18(25-21-17)15-6-3-9-24-15/h1-6,9,13H,7-8,10-11H2/t13-/m0/s1. The van der Waals surface area contributed by atoms with Crippen LogP contribution >= 0.6 is 0 Å². The number of carbonyl (C=O) groups is 1. The van der Waals surface area contributed by atoms with Crippen LogP contribution in [0.2, 0.25) is 0 Å².